The molecule has 0 aliphatic heterocycles. The average Bonchev–Trinajstić information content (AvgIpc) is 2.25. The molecule has 0 saturated heterocycles. The van der Waals surface area contributed by atoms with Crippen LogP contribution in [0.1, 0.15) is 12.0 Å². The molecule has 0 unspecified atom stereocenters. The van der Waals surface area contributed by atoms with E-state index < -0.39 is 0 Å². The summed E-state index contributed by atoms with van der Waals surface area (Å²) in [7, 11) is 0. The first-order chi connectivity index (χ1) is 6.81. The largest absolute Gasteiger partial charge is 0.330 e. The zero-order valence-electron chi connectivity index (χ0n) is 8.75. The first kappa shape index (κ1) is 12.0. The Kier molecular flexibility index (Phi) is 5.45. The Morgan fingerprint density at radius 3 is 2.43 bits per heavy atom. The van der Waals surface area contributed by atoms with Crippen molar-refractivity contribution in [3.8, 4) is 0 Å². The van der Waals surface area contributed by atoms with E-state index in [9.17, 15) is 0 Å². The number of nitrogens with two attached hydrogens (primary N) is 1. The molecule has 1 rings (SSSR count). The molecular formula is C11H17NS2. The summed E-state index contributed by atoms with van der Waals surface area (Å²) in [4.78, 5) is 2.75. The van der Waals surface area contributed by atoms with Crippen LogP contribution < -0.4 is 5.73 Å². The molecule has 78 valence electrons. The van der Waals surface area contributed by atoms with Crippen molar-refractivity contribution in [2.75, 3.05) is 19.1 Å². The van der Waals surface area contributed by atoms with Crippen LogP contribution in [0.2, 0.25) is 0 Å². The molecule has 0 aliphatic rings. The number of benzene rings is 1. The lowest BCUT2D eigenvalue weighted by Crippen LogP contribution is -2.00. The highest BCUT2D eigenvalue weighted by molar-refractivity contribution is 8.01. The van der Waals surface area contributed by atoms with Gasteiger partial charge in [0, 0.05) is 9.79 Å². The van der Waals surface area contributed by atoms with Crippen molar-refractivity contribution in [2.45, 2.75) is 22.6 Å². The number of hydrogen-bond donors (Lipinski definition) is 1. The molecule has 0 radical (unpaired) electrons. The number of aryl methyl sites for hydroxylation is 1. The van der Waals surface area contributed by atoms with Gasteiger partial charge in [0.1, 0.15) is 0 Å². The molecule has 0 amide bonds. The van der Waals surface area contributed by atoms with Crippen LogP contribution in [0.4, 0.5) is 0 Å². The zero-order chi connectivity index (χ0) is 10.4. The van der Waals surface area contributed by atoms with Crippen molar-refractivity contribution in [3.63, 3.8) is 0 Å². The molecule has 1 nitrogen and oxygen atoms in total. The van der Waals surface area contributed by atoms with E-state index in [0.717, 1.165) is 19.4 Å². The van der Waals surface area contributed by atoms with E-state index in [-0.39, 0.29) is 0 Å². The Hall–Kier alpha value is -0.120. The van der Waals surface area contributed by atoms with Gasteiger partial charge in [0.2, 0.25) is 0 Å². The van der Waals surface area contributed by atoms with Crippen molar-refractivity contribution in [3.05, 3.63) is 23.8 Å². The maximum absolute atomic E-state index is 5.49. The maximum atomic E-state index is 5.49. The van der Waals surface area contributed by atoms with E-state index in [1.165, 1.54) is 15.4 Å². The Balaban J connectivity index is 2.79. The molecule has 0 aliphatic carbocycles. The van der Waals surface area contributed by atoms with Gasteiger partial charge in [-0.05, 0) is 49.6 Å². The fourth-order valence-electron chi connectivity index (χ4n) is 1.34. The van der Waals surface area contributed by atoms with E-state index in [1.807, 2.05) is 23.5 Å². The zero-order valence-corrected chi connectivity index (χ0v) is 10.4. The van der Waals surface area contributed by atoms with Crippen LogP contribution >= 0.6 is 23.5 Å². The molecule has 1 aromatic carbocycles. The minimum Gasteiger partial charge on any atom is -0.330 e. The lowest BCUT2D eigenvalue weighted by Gasteiger charge is -2.07. The Labute approximate surface area is 94.8 Å². The molecule has 14 heavy (non-hydrogen) atoms. The minimum absolute atomic E-state index is 0.777. The highest BCUT2D eigenvalue weighted by Crippen LogP contribution is 2.29. The average molecular weight is 227 g/mol. The number of hydrogen-bond acceptors (Lipinski definition) is 3. The van der Waals surface area contributed by atoms with E-state index >= 15 is 0 Å². The molecule has 0 saturated carbocycles. The molecule has 2 N–H and O–H groups in total. The summed E-state index contributed by atoms with van der Waals surface area (Å²) in [5.41, 5.74) is 6.89. The number of thioether (sulfide) groups is 2. The van der Waals surface area contributed by atoms with Crippen LogP contribution in [0.25, 0.3) is 0 Å². The second kappa shape index (κ2) is 6.38. The minimum atomic E-state index is 0.777. The third-order valence-corrected chi connectivity index (χ3v) is 3.82. The van der Waals surface area contributed by atoms with Gasteiger partial charge in [-0.3, -0.25) is 0 Å². The van der Waals surface area contributed by atoms with Crippen LogP contribution in [0, 0.1) is 0 Å². The summed E-state index contributed by atoms with van der Waals surface area (Å²) >= 11 is 3.62. The summed E-state index contributed by atoms with van der Waals surface area (Å²) in [6, 6.07) is 6.70. The number of rotatable bonds is 5. The van der Waals surface area contributed by atoms with Crippen molar-refractivity contribution < 1.29 is 0 Å². The Morgan fingerprint density at radius 1 is 1.14 bits per heavy atom. The van der Waals surface area contributed by atoms with Gasteiger partial charge in [-0.2, -0.15) is 0 Å². The van der Waals surface area contributed by atoms with Gasteiger partial charge in [0.05, 0.1) is 0 Å². The van der Waals surface area contributed by atoms with Crippen LogP contribution in [0.5, 0.6) is 0 Å². The molecule has 0 aromatic heterocycles. The molecule has 0 heterocycles. The molecule has 0 bridgehead atoms. The van der Waals surface area contributed by atoms with Gasteiger partial charge >= 0.3 is 0 Å². The topological polar surface area (TPSA) is 26.0 Å². The molecule has 1 aromatic rings. The predicted octanol–water partition coefficient (Wildman–Crippen LogP) is 3.02. The summed E-state index contributed by atoms with van der Waals surface area (Å²) in [6.07, 6.45) is 6.42. The van der Waals surface area contributed by atoms with Gasteiger partial charge in [-0.15, -0.1) is 23.5 Å². The smallest absolute Gasteiger partial charge is 0.0208 e. The monoisotopic (exact) mass is 227 g/mol. The Bertz CT molecular complexity index is 287. The van der Waals surface area contributed by atoms with Crippen LogP contribution in [-0.4, -0.2) is 19.1 Å². The molecule has 3 heteroatoms. The third kappa shape index (κ3) is 3.23. The standard InChI is InChI=1S/C11H17NS2/c1-13-10-6-5-9(4-3-7-12)8-11(10)14-2/h5-6,8H,3-4,7,12H2,1-2H3. The lowest BCUT2D eigenvalue weighted by atomic mass is 10.1. The van der Waals surface area contributed by atoms with Crippen molar-refractivity contribution in [2.24, 2.45) is 5.73 Å². The van der Waals surface area contributed by atoms with Gasteiger partial charge in [0.25, 0.3) is 0 Å². The molecular weight excluding hydrogens is 210 g/mol. The fourth-order valence-corrected chi connectivity index (χ4v) is 2.85. The lowest BCUT2D eigenvalue weighted by molar-refractivity contribution is 0.829. The highest BCUT2D eigenvalue weighted by atomic mass is 32.2. The normalized spacial score (nSPS) is 10.5. The van der Waals surface area contributed by atoms with Crippen LogP contribution in [-0.2, 0) is 6.42 Å². The predicted molar refractivity (Wildman–Crippen MR) is 67.4 cm³/mol. The van der Waals surface area contributed by atoms with E-state index in [4.69, 9.17) is 5.73 Å². The van der Waals surface area contributed by atoms with Gasteiger partial charge in [-0.1, -0.05) is 6.07 Å². The third-order valence-electron chi connectivity index (χ3n) is 2.12. The van der Waals surface area contributed by atoms with E-state index in [0.29, 0.717) is 0 Å². The van der Waals surface area contributed by atoms with Crippen molar-refractivity contribution in [1.82, 2.24) is 0 Å². The molecule has 0 atom stereocenters. The van der Waals surface area contributed by atoms with Crippen LogP contribution in [0.3, 0.4) is 0 Å². The first-order valence-corrected chi connectivity index (χ1v) is 7.17. The highest BCUT2D eigenvalue weighted by Gasteiger charge is 2.01. The fraction of sp³-hybridized carbons (Fsp3) is 0.455. The molecule has 0 fully saturated rings. The van der Waals surface area contributed by atoms with Crippen LogP contribution in [0.15, 0.2) is 28.0 Å². The van der Waals surface area contributed by atoms with Crippen molar-refractivity contribution >= 4 is 23.5 Å². The van der Waals surface area contributed by atoms with Gasteiger partial charge in [0.15, 0.2) is 0 Å². The van der Waals surface area contributed by atoms with E-state index in [2.05, 4.69) is 30.7 Å². The quantitative estimate of drug-likeness (QED) is 0.783. The summed E-state index contributed by atoms with van der Waals surface area (Å²) < 4.78 is 0. The van der Waals surface area contributed by atoms with Gasteiger partial charge < -0.3 is 5.73 Å². The van der Waals surface area contributed by atoms with Crippen molar-refractivity contribution in [1.29, 1.82) is 0 Å². The summed E-state index contributed by atoms with van der Waals surface area (Å²) in [6.45, 7) is 0.777. The van der Waals surface area contributed by atoms with E-state index in [1.54, 1.807) is 0 Å². The van der Waals surface area contributed by atoms with Gasteiger partial charge in [-0.25, -0.2) is 0 Å². The summed E-state index contributed by atoms with van der Waals surface area (Å²) in [5, 5.41) is 0. The second-order valence-electron chi connectivity index (χ2n) is 3.08. The SMILES string of the molecule is CSc1ccc(CCCN)cc1SC. The molecule has 0 spiro atoms. The Morgan fingerprint density at radius 2 is 1.86 bits per heavy atom. The maximum Gasteiger partial charge on any atom is 0.0208 e. The summed E-state index contributed by atoms with van der Waals surface area (Å²) in [5.74, 6) is 0. The second-order valence-corrected chi connectivity index (χ2v) is 4.78. The first-order valence-electron chi connectivity index (χ1n) is 4.72.